The van der Waals surface area contributed by atoms with Gasteiger partial charge < -0.3 is 10.3 Å². The van der Waals surface area contributed by atoms with Gasteiger partial charge in [-0.1, -0.05) is 31.2 Å². The quantitative estimate of drug-likeness (QED) is 0.738. The van der Waals surface area contributed by atoms with E-state index in [0.29, 0.717) is 0 Å². The second-order valence-corrected chi connectivity index (χ2v) is 5.32. The minimum atomic E-state index is 0.843. The number of nitrogen functional groups attached to an aromatic ring is 1. The predicted octanol–water partition coefficient (Wildman–Crippen LogP) is 3.79. The normalized spacial score (nSPS) is 11.1. The number of nitrogens with zero attached hydrogens (tertiary/aromatic N) is 2. The molecule has 3 nitrogen and oxygen atoms in total. The number of aryl methyl sites for hydroxylation is 2. The molecule has 0 aliphatic carbocycles. The molecule has 0 amide bonds. The highest BCUT2D eigenvalue weighted by molar-refractivity contribution is 5.76. The molecule has 3 aromatic rings. The number of nitrogens with two attached hydrogens (primary N) is 1. The molecule has 0 radical (unpaired) electrons. The topological polar surface area (TPSA) is 43.8 Å². The zero-order valence-corrected chi connectivity index (χ0v) is 12.6. The minimum Gasteiger partial charge on any atom is -0.399 e. The van der Waals surface area contributed by atoms with Crippen molar-refractivity contribution in [3.05, 3.63) is 59.4 Å². The summed E-state index contributed by atoms with van der Waals surface area (Å²) in [6.07, 6.45) is 1.81. The molecule has 0 fully saturated rings. The maximum absolute atomic E-state index is 5.99. The van der Waals surface area contributed by atoms with E-state index in [-0.39, 0.29) is 0 Å². The van der Waals surface area contributed by atoms with Gasteiger partial charge in [0.25, 0.3) is 0 Å². The summed E-state index contributed by atoms with van der Waals surface area (Å²) in [4.78, 5) is 4.79. The van der Waals surface area contributed by atoms with Crippen molar-refractivity contribution >= 4 is 16.7 Å². The molecule has 0 atom stereocenters. The Kier molecular flexibility index (Phi) is 3.65. The molecule has 0 unspecified atom stereocenters. The van der Waals surface area contributed by atoms with Gasteiger partial charge in [0.05, 0.1) is 11.0 Å². The minimum absolute atomic E-state index is 0.843. The molecule has 2 N–H and O–H groups in total. The summed E-state index contributed by atoms with van der Waals surface area (Å²) in [5.41, 5.74) is 11.6. The standard InChI is InChI=1S/C18H21N3/c1-3-14-11-13(9-10-15(14)19)12-18-20-16-7-5-6-8-17(16)21(18)4-2/h5-11H,3-4,12,19H2,1-2H3. The molecule has 0 bridgehead atoms. The van der Waals surface area contributed by atoms with Gasteiger partial charge in [-0.25, -0.2) is 4.98 Å². The Morgan fingerprint density at radius 3 is 2.67 bits per heavy atom. The van der Waals surface area contributed by atoms with E-state index in [9.17, 15) is 0 Å². The molecular formula is C18H21N3. The maximum atomic E-state index is 5.99. The number of hydrogen-bond donors (Lipinski definition) is 1. The van der Waals surface area contributed by atoms with Crippen molar-refractivity contribution in [3.8, 4) is 0 Å². The van der Waals surface area contributed by atoms with Gasteiger partial charge >= 0.3 is 0 Å². The van der Waals surface area contributed by atoms with Crippen LogP contribution in [0, 0.1) is 0 Å². The highest BCUT2D eigenvalue weighted by Crippen LogP contribution is 2.21. The van der Waals surface area contributed by atoms with E-state index in [1.807, 2.05) is 12.1 Å². The summed E-state index contributed by atoms with van der Waals surface area (Å²) in [5.74, 6) is 1.12. The van der Waals surface area contributed by atoms with Crippen molar-refractivity contribution in [2.75, 3.05) is 5.73 Å². The lowest BCUT2D eigenvalue weighted by atomic mass is 10.0. The van der Waals surface area contributed by atoms with Gasteiger partial charge in [-0.3, -0.25) is 0 Å². The Balaban J connectivity index is 2.01. The highest BCUT2D eigenvalue weighted by Gasteiger charge is 2.10. The van der Waals surface area contributed by atoms with Crippen LogP contribution in [0.5, 0.6) is 0 Å². The van der Waals surface area contributed by atoms with Gasteiger partial charge in [-0.2, -0.15) is 0 Å². The number of benzene rings is 2. The van der Waals surface area contributed by atoms with Crippen LogP contribution in [-0.4, -0.2) is 9.55 Å². The molecule has 0 saturated heterocycles. The van der Waals surface area contributed by atoms with Gasteiger partial charge in [0.15, 0.2) is 0 Å². The molecule has 0 aliphatic heterocycles. The van der Waals surface area contributed by atoms with Crippen LogP contribution < -0.4 is 5.73 Å². The largest absolute Gasteiger partial charge is 0.399 e. The van der Waals surface area contributed by atoms with E-state index in [4.69, 9.17) is 10.7 Å². The van der Waals surface area contributed by atoms with Crippen LogP contribution >= 0.6 is 0 Å². The summed E-state index contributed by atoms with van der Waals surface area (Å²) in [6, 6.07) is 14.6. The SMILES string of the molecule is CCc1cc(Cc2nc3ccccc3n2CC)ccc1N. The van der Waals surface area contributed by atoms with Crippen LogP contribution in [0.2, 0.25) is 0 Å². The van der Waals surface area contributed by atoms with Gasteiger partial charge in [-0.15, -0.1) is 0 Å². The zero-order chi connectivity index (χ0) is 14.8. The molecule has 1 aromatic heterocycles. The molecule has 3 rings (SSSR count). The van der Waals surface area contributed by atoms with E-state index in [2.05, 4.69) is 48.7 Å². The highest BCUT2D eigenvalue weighted by atomic mass is 15.1. The Morgan fingerprint density at radius 2 is 1.90 bits per heavy atom. The Morgan fingerprint density at radius 1 is 1.10 bits per heavy atom. The zero-order valence-electron chi connectivity index (χ0n) is 12.6. The van der Waals surface area contributed by atoms with E-state index < -0.39 is 0 Å². The molecule has 0 spiro atoms. The lowest BCUT2D eigenvalue weighted by Crippen LogP contribution is -2.03. The summed E-state index contributed by atoms with van der Waals surface area (Å²) < 4.78 is 2.29. The molecule has 1 heterocycles. The Bertz CT molecular complexity index is 771. The molecule has 0 saturated carbocycles. The molecular weight excluding hydrogens is 258 g/mol. The summed E-state index contributed by atoms with van der Waals surface area (Å²) in [5, 5.41) is 0. The molecule has 108 valence electrons. The van der Waals surface area contributed by atoms with Crippen molar-refractivity contribution in [3.63, 3.8) is 0 Å². The third kappa shape index (κ3) is 2.51. The molecule has 21 heavy (non-hydrogen) atoms. The first kappa shape index (κ1) is 13.7. The van der Waals surface area contributed by atoms with Crippen molar-refractivity contribution < 1.29 is 0 Å². The van der Waals surface area contributed by atoms with Crippen molar-refractivity contribution in [1.29, 1.82) is 0 Å². The maximum Gasteiger partial charge on any atom is 0.114 e. The summed E-state index contributed by atoms with van der Waals surface area (Å²) in [7, 11) is 0. The number of aromatic nitrogens is 2. The number of hydrogen-bond acceptors (Lipinski definition) is 2. The van der Waals surface area contributed by atoms with E-state index >= 15 is 0 Å². The predicted molar refractivity (Wildman–Crippen MR) is 88.4 cm³/mol. The lowest BCUT2D eigenvalue weighted by molar-refractivity contribution is 0.733. The van der Waals surface area contributed by atoms with Crippen LogP contribution in [0.25, 0.3) is 11.0 Å². The first-order valence-corrected chi connectivity index (χ1v) is 7.54. The van der Waals surface area contributed by atoms with Crippen LogP contribution in [-0.2, 0) is 19.4 Å². The fourth-order valence-electron chi connectivity index (χ4n) is 2.87. The van der Waals surface area contributed by atoms with Gasteiger partial charge in [0.1, 0.15) is 5.82 Å². The fourth-order valence-corrected chi connectivity index (χ4v) is 2.87. The average Bonchev–Trinajstić information content (AvgIpc) is 2.86. The number of anilines is 1. The first-order chi connectivity index (χ1) is 10.2. The summed E-state index contributed by atoms with van der Waals surface area (Å²) >= 11 is 0. The van der Waals surface area contributed by atoms with Gasteiger partial charge in [0.2, 0.25) is 0 Å². The van der Waals surface area contributed by atoms with Crippen molar-refractivity contribution in [1.82, 2.24) is 9.55 Å². The molecule has 0 aliphatic rings. The fraction of sp³-hybridized carbons (Fsp3) is 0.278. The number of para-hydroxylation sites is 2. The first-order valence-electron chi connectivity index (χ1n) is 7.54. The second-order valence-electron chi connectivity index (χ2n) is 5.32. The van der Waals surface area contributed by atoms with E-state index in [0.717, 1.165) is 36.4 Å². The Hall–Kier alpha value is -2.29. The Labute approximate surface area is 125 Å². The monoisotopic (exact) mass is 279 g/mol. The number of rotatable bonds is 4. The molecule has 2 aromatic carbocycles. The van der Waals surface area contributed by atoms with E-state index in [1.54, 1.807) is 0 Å². The van der Waals surface area contributed by atoms with Crippen molar-refractivity contribution in [2.24, 2.45) is 0 Å². The van der Waals surface area contributed by atoms with Gasteiger partial charge in [0, 0.05) is 18.7 Å². The second kappa shape index (κ2) is 5.60. The third-order valence-corrected chi connectivity index (χ3v) is 4.00. The number of fused-ring (bicyclic) bond motifs is 1. The summed E-state index contributed by atoms with van der Waals surface area (Å²) in [6.45, 7) is 5.24. The van der Waals surface area contributed by atoms with Crippen LogP contribution in [0.4, 0.5) is 5.69 Å². The van der Waals surface area contributed by atoms with Crippen LogP contribution in [0.15, 0.2) is 42.5 Å². The van der Waals surface area contributed by atoms with Crippen LogP contribution in [0.1, 0.15) is 30.8 Å². The molecule has 3 heteroatoms. The number of imidazole rings is 1. The third-order valence-electron chi connectivity index (χ3n) is 4.00. The van der Waals surface area contributed by atoms with E-state index in [1.165, 1.54) is 16.6 Å². The van der Waals surface area contributed by atoms with Gasteiger partial charge in [-0.05, 0) is 42.7 Å². The van der Waals surface area contributed by atoms with Crippen molar-refractivity contribution in [2.45, 2.75) is 33.2 Å². The lowest BCUT2D eigenvalue weighted by Gasteiger charge is -2.09. The smallest absolute Gasteiger partial charge is 0.114 e. The average molecular weight is 279 g/mol. The van der Waals surface area contributed by atoms with Crippen LogP contribution in [0.3, 0.4) is 0 Å².